The molecule has 0 atom stereocenters. The molecule has 0 aliphatic carbocycles. The molecule has 0 fully saturated rings. The van der Waals surface area contributed by atoms with E-state index in [1.54, 1.807) is 12.3 Å². The highest BCUT2D eigenvalue weighted by Crippen LogP contribution is 2.32. The summed E-state index contributed by atoms with van der Waals surface area (Å²) in [5, 5.41) is 2.12. The van der Waals surface area contributed by atoms with Crippen molar-refractivity contribution in [1.82, 2.24) is 4.98 Å². The van der Waals surface area contributed by atoms with Gasteiger partial charge < -0.3 is 0 Å². The first-order valence-corrected chi connectivity index (χ1v) is 8.20. The highest BCUT2D eigenvalue weighted by Gasteiger charge is 2.30. The summed E-state index contributed by atoms with van der Waals surface area (Å²) in [4.78, 5) is 4.56. The molecule has 0 N–H and O–H groups in total. The van der Waals surface area contributed by atoms with Crippen LogP contribution in [0.15, 0.2) is 60.8 Å². The van der Waals surface area contributed by atoms with Crippen LogP contribution in [0.25, 0.3) is 33.1 Å². The van der Waals surface area contributed by atoms with E-state index in [0.29, 0.717) is 5.39 Å². The Balaban J connectivity index is 1.95. The molecule has 0 saturated carbocycles. The monoisotopic (exact) mass is 353 g/mol. The van der Waals surface area contributed by atoms with Gasteiger partial charge in [0.05, 0.1) is 23.6 Å². The van der Waals surface area contributed by atoms with Crippen LogP contribution >= 0.6 is 0 Å². The molecule has 2 nitrogen and oxygen atoms in total. The van der Waals surface area contributed by atoms with E-state index >= 15 is 0 Å². The van der Waals surface area contributed by atoms with Gasteiger partial charge in [0.2, 0.25) is 0 Å². The zero-order chi connectivity index (χ0) is 18.5. The first-order valence-electron chi connectivity index (χ1n) is 8.20. The van der Waals surface area contributed by atoms with Gasteiger partial charge in [-0.25, -0.2) is 4.57 Å². The Labute approximate surface area is 148 Å². The maximum Gasteiger partial charge on any atom is 0.416 e. The molecule has 0 aliphatic heterocycles. The van der Waals surface area contributed by atoms with Gasteiger partial charge in [0, 0.05) is 0 Å². The van der Waals surface area contributed by atoms with Crippen molar-refractivity contribution in [1.29, 1.82) is 0 Å². The minimum atomic E-state index is -4.35. The molecule has 26 heavy (non-hydrogen) atoms. The lowest BCUT2D eigenvalue weighted by Gasteiger charge is -2.09. The number of fused-ring (bicyclic) bond motifs is 2. The molecule has 4 rings (SSSR count). The van der Waals surface area contributed by atoms with E-state index in [2.05, 4.69) is 4.98 Å². The first kappa shape index (κ1) is 16.5. The van der Waals surface area contributed by atoms with Crippen LogP contribution in [0.4, 0.5) is 13.2 Å². The molecule has 1 heterocycles. The molecule has 0 aliphatic rings. The van der Waals surface area contributed by atoms with E-state index in [0.717, 1.165) is 39.3 Å². The lowest BCUT2D eigenvalue weighted by molar-refractivity contribution is -0.636. The van der Waals surface area contributed by atoms with E-state index in [4.69, 9.17) is 0 Å². The summed E-state index contributed by atoms with van der Waals surface area (Å²) in [6.45, 7) is 2.03. The third-order valence-electron chi connectivity index (χ3n) is 4.70. The normalized spacial score (nSPS) is 12.0. The molecule has 0 unspecified atom stereocenters. The number of nitrogens with zero attached hydrogens (tertiary/aromatic N) is 2. The maximum absolute atomic E-state index is 13.0. The van der Waals surface area contributed by atoms with Gasteiger partial charge in [-0.3, -0.25) is 0 Å². The number of halogens is 3. The van der Waals surface area contributed by atoms with Crippen molar-refractivity contribution in [3.8, 4) is 11.4 Å². The molecule has 1 aromatic heterocycles. The van der Waals surface area contributed by atoms with Gasteiger partial charge in [-0.1, -0.05) is 24.3 Å². The Hall–Kier alpha value is -2.95. The molecule has 0 radical (unpaired) electrons. The number of rotatable bonds is 1. The van der Waals surface area contributed by atoms with Crippen LogP contribution in [0.2, 0.25) is 0 Å². The smallest absolute Gasteiger partial charge is 0.226 e. The molecule has 0 saturated heterocycles. The van der Waals surface area contributed by atoms with Crippen molar-refractivity contribution in [2.24, 2.45) is 7.05 Å². The van der Waals surface area contributed by atoms with Gasteiger partial charge in [-0.15, -0.1) is 0 Å². The second kappa shape index (κ2) is 5.80. The standard InChI is InChI=1S/C21H16F3N2/c1-13-5-3-4-6-18(13)20-25-12-16-9-15-10-17(21(22,23)24)8-7-14(15)11-19(16)26(20)2/h3-12H,1-2H3/q+1. The van der Waals surface area contributed by atoms with Crippen LogP contribution in [-0.2, 0) is 13.2 Å². The fourth-order valence-corrected chi connectivity index (χ4v) is 3.28. The van der Waals surface area contributed by atoms with Gasteiger partial charge in [-0.2, -0.15) is 13.2 Å². The SMILES string of the molecule is Cc1ccccc1-c1ncc2cc3cc(C(F)(F)F)ccc3cc2[n+]1C. The van der Waals surface area contributed by atoms with E-state index < -0.39 is 11.7 Å². The predicted octanol–water partition coefficient (Wildman–Crippen LogP) is 5.21. The Morgan fingerprint density at radius 2 is 1.65 bits per heavy atom. The summed E-state index contributed by atoms with van der Waals surface area (Å²) in [5.41, 5.74) is 2.43. The fraction of sp³-hybridized carbons (Fsp3) is 0.143. The van der Waals surface area contributed by atoms with Crippen molar-refractivity contribution < 1.29 is 17.7 Å². The Bertz CT molecular complexity index is 1150. The first-order chi connectivity index (χ1) is 12.3. The molecular formula is C21H16F3N2+. The fourth-order valence-electron chi connectivity index (χ4n) is 3.28. The Kier molecular flexibility index (Phi) is 3.68. The van der Waals surface area contributed by atoms with Crippen LogP contribution in [0, 0.1) is 6.92 Å². The second-order valence-corrected chi connectivity index (χ2v) is 6.43. The minimum absolute atomic E-state index is 0.553. The maximum atomic E-state index is 13.0. The minimum Gasteiger partial charge on any atom is -0.226 e. The molecule has 4 aromatic rings. The van der Waals surface area contributed by atoms with Crippen LogP contribution in [0.3, 0.4) is 0 Å². The van der Waals surface area contributed by atoms with E-state index in [-0.39, 0.29) is 0 Å². The molecule has 0 bridgehead atoms. The highest BCUT2D eigenvalue weighted by molar-refractivity contribution is 5.95. The summed E-state index contributed by atoms with van der Waals surface area (Å²) < 4.78 is 40.8. The number of alkyl halides is 3. The summed E-state index contributed by atoms with van der Waals surface area (Å²) in [6.07, 6.45) is -2.63. The lowest BCUT2D eigenvalue weighted by atomic mass is 10.0. The third-order valence-corrected chi connectivity index (χ3v) is 4.70. The lowest BCUT2D eigenvalue weighted by Crippen LogP contribution is -2.33. The van der Waals surface area contributed by atoms with Crippen molar-refractivity contribution in [3.05, 3.63) is 71.9 Å². The quantitative estimate of drug-likeness (QED) is 0.339. The summed E-state index contributed by atoms with van der Waals surface area (Å²) in [5.74, 6) is 0.821. The average Bonchev–Trinajstić information content (AvgIpc) is 2.60. The number of hydrogen-bond donors (Lipinski definition) is 0. The van der Waals surface area contributed by atoms with Crippen molar-refractivity contribution in [3.63, 3.8) is 0 Å². The zero-order valence-corrected chi connectivity index (χ0v) is 14.3. The van der Waals surface area contributed by atoms with Crippen LogP contribution in [0.5, 0.6) is 0 Å². The van der Waals surface area contributed by atoms with Crippen LogP contribution < -0.4 is 4.57 Å². The Morgan fingerprint density at radius 3 is 2.38 bits per heavy atom. The highest BCUT2D eigenvalue weighted by atomic mass is 19.4. The van der Waals surface area contributed by atoms with Gasteiger partial charge >= 0.3 is 12.0 Å². The van der Waals surface area contributed by atoms with E-state index in [1.807, 2.05) is 48.9 Å². The average molecular weight is 353 g/mol. The van der Waals surface area contributed by atoms with E-state index in [1.165, 1.54) is 12.1 Å². The van der Waals surface area contributed by atoms with E-state index in [9.17, 15) is 13.2 Å². The summed E-state index contributed by atoms with van der Waals surface area (Å²) in [6, 6.07) is 15.5. The van der Waals surface area contributed by atoms with Gasteiger partial charge in [0.15, 0.2) is 6.20 Å². The largest absolute Gasteiger partial charge is 0.416 e. The molecule has 0 amide bonds. The number of benzene rings is 3. The number of hydrogen-bond acceptors (Lipinski definition) is 1. The van der Waals surface area contributed by atoms with Crippen LogP contribution in [-0.4, -0.2) is 4.98 Å². The van der Waals surface area contributed by atoms with Gasteiger partial charge in [-0.05, 0) is 58.6 Å². The van der Waals surface area contributed by atoms with Crippen LogP contribution in [0.1, 0.15) is 11.1 Å². The predicted molar refractivity (Wildman–Crippen MR) is 95.6 cm³/mol. The van der Waals surface area contributed by atoms with Gasteiger partial charge in [0.25, 0.3) is 0 Å². The molecule has 5 heteroatoms. The Morgan fingerprint density at radius 1 is 0.885 bits per heavy atom. The number of aromatic nitrogens is 2. The topological polar surface area (TPSA) is 16.8 Å². The molecule has 3 aromatic carbocycles. The molecule has 0 spiro atoms. The number of aryl methyl sites for hydroxylation is 2. The zero-order valence-electron chi connectivity index (χ0n) is 14.3. The van der Waals surface area contributed by atoms with Crippen molar-refractivity contribution in [2.45, 2.75) is 13.1 Å². The van der Waals surface area contributed by atoms with Crippen molar-refractivity contribution in [2.75, 3.05) is 0 Å². The molecule has 130 valence electrons. The summed E-state index contributed by atoms with van der Waals surface area (Å²) in [7, 11) is 1.92. The van der Waals surface area contributed by atoms with Gasteiger partial charge in [0.1, 0.15) is 5.52 Å². The third kappa shape index (κ3) is 2.69. The molecular weight excluding hydrogens is 337 g/mol. The van der Waals surface area contributed by atoms with Crippen molar-refractivity contribution >= 4 is 21.7 Å². The summed E-state index contributed by atoms with van der Waals surface area (Å²) >= 11 is 0. The second-order valence-electron chi connectivity index (χ2n) is 6.43.